The molecule has 28 heavy (non-hydrogen) atoms. The molecule has 2 N–H and O–H groups in total. The van der Waals surface area contributed by atoms with Crippen LogP contribution in [0.5, 0.6) is 0 Å². The lowest BCUT2D eigenvalue weighted by Crippen LogP contribution is -2.51. The Kier molecular flexibility index (Phi) is 4.24. The van der Waals surface area contributed by atoms with Gasteiger partial charge in [0.25, 0.3) is 0 Å². The van der Waals surface area contributed by atoms with Crippen molar-refractivity contribution in [1.29, 1.82) is 0 Å². The van der Waals surface area contributed by atoms with Crippen molar-refractivity contribution in [2.45, 2.75) is 12.8 Å². The van der Waals surface area contributed by atoms with Crippen LogP contribution in [0.25, 0.3) is 22.2 Å². The van der Waals surface area contributed by atoms with E-state index in [0.29, 0.717) is 11.5 Å². The maximum atomic E-state index is 11.5. The number of carbonyl (C=O) groups excluding carboxylic acids is 1. The first kappa shape index (κ1) is 17.2. The molecular weight excluding hydrogens is 354 g/mol. The zero-order valence-corrected chi connectivity index (χ0v) is 15.7. The van der Waals surface area contributed by atoms with Crippen molar-refractivity contribution in [2.24, 2.45) is 11.7 Å². The Morgan fingerprint density at radius 1 is 1.11 bits per heavy atom. The van der Waals surface area contributed by atoms with Gasteiger partial charge in [0.2, 0.25) is 5.91 Å². The van der Waals surface area contributed by atoms with Gasteiger partial charge in [-0.3, -0.25) is 4.79 Å². The number of fused-ring (bicyclic) bond motifs is 1. The fourth-order valence-corrected chi connectivity index (χ4v) is 4.34. The number of anilines is 1. The Hall–Kier alpha value is -2.93. The number of amides is 1. The van der Waals surface area contributed by atoms with Crippen LogP contribution in [0.4, 0.5) is 5.69 Å². The Bertz CT molecular complexity index is 1020. The highest BCUT2D eigenvalue weighted by Crippen LogP contribution is 2.35. The molecule has 0 unspecified atom stereocenters. The summed E-state index contributed by atoms with van der Waals surface area (Å²) < 4.78 is 5.00. The van der Waals surface area contributed by atoms with Gasteiger partial charge in [-0.2, -0.15) is 0 Å². The minimum Gasteiger partial charge on any atom is -0.369 e. The van der Waals surface area contributed by atoms with Gasteiger partial charge in [0.05, 0.1) is 5.69 Å². The lowest BCUT2D eigenvalue weighted by molar-refractivity contribution is 0.100. The van der Waals surface area contributed by atoms with Gasteiger partial charge < -0.3 is 15.5 Å². The zero-order chi connectivity index (χ0) is 19.1. The SMILES string of the molecule is NC(=O)c1cccc(-c2cc(N3CC(CN4CCCC4)C3)c3nonc3c2)c1. The highest BCUT2D eigenvalue weighted by atomic mass is 16.6. The number of carbonyl (C=O) groups is 1. The number of aromatic nitrogens is 2. The van der Waals surface area contributed by atoms with E-state index in [1.807, 2.05) is 24.3 Å². The van der Waals surface area contributed by atoms with Crippen LogP contribution in [0.3, 0.4) is 0 Å². The average Bonchev–Trinajstić information content (AvgIpc) is 3.35. The summed E-state index contributed by atoms with van der Waals surface area (Å²) in [6.07, 6.45) is 2.65. The molecule has 2 saturated heterocycles. The highest BCUT2D eigenvalue weighted by molar-refractivity contribution is 5.96. The first-order chi connectivity index (χ1) is 13.7. The smallest absolute Gasteiger partial charge is 0.248 e. The molecule has 1 aromatic heterocycles. The van der Waals surface area contributed by atoms with Gasteiger partial charge in [-0.05, 0) is 71.6 Å². The Morgan fingerprint density at radius 3 is 2.71 bits per heavy atom. The first-order valence-electron chi connectivity index (χ1n) is 9.81. The summed E-state index contributed by atoms with van der Waals surface area (Å²) in [7, 11) is 0. The lowest BCUT2D eigenvalue weighted by atomic mass is 9.96. The van der Waals surface area contributed by atoms with Crippen LogP contribution in [-0.2, 0) is 0 Å². The van der Waals surface area contributed by atoms with Gasteiger partial charge in [-0.1, -0.05) is 12.1 Å². The van der Waals surface area contributed by atoms with Gasteiger partial charge in [-0.15, -0.1) is 0 Å². The number of hydrogen-bond donors (Lipinski definition) is 1. The molecule has 3 aromatic rings. The Balaban J connectivity index is 1.42. The summed E-state index contributed by atoms with van der Waals surface area (Å²) in [5, 5.41) is 8.17. The minimum atomic E-state index is -0.432. The molecule has 0 spiro atoms. The van der Waals surface area contributed by atoms with Crippen molar-refractivity contribution in [3.8, 4) is 11.1 Å². The number of primary amides is 1. The molecular formula is C21H23N5O2. The molecule has 5 rings (SSSR count). The van der Waals surface area contributed by atoms with Crippen molar-refractivity contribution in [2.75, 3.05) is 37.6 Å². The van der Waals surface area contributed by atoms with Crippen molar-refractivity contribution in [1.82, 2.24) is 15.2 Å². The maximum Gasteiger partial charge on any atom is 0.248 e. The molecule has 2 aromatic carbocycles. The largest absolute Gasteiger partial charge is 0.369 e. The van der Waals surface area contributed by atoms with Crippen LogP contribution in [-0.4, -0.2) is 53.8 Å². The van der Waals surface area contributed by atoms with Gasteiger partial charge in [-0.25, -0.2) is 4.63 Å². The monoisotopic (exact) mass is 377 g/mol. The third-order valence-electron chi connectivity index (χ3n) is 5.83. The molecule has 3 heterocycles. The number of likely N-dealkylation sites (tertiary alicyclic amines) is 1. The van der Waals surface area contributed by atoms with Crippen LogP contribution in [0.1, 0.15) is 23.2 Å². The lowest BCUT2D eigenvalue weighted by Gasteiger charge is -2.42. The van der Waals surface area contributed by atoms with E-state index < -0.39 is 5.91 Å². The summed E-state index contributed by atoms with van der Waals surface area (Å²) in [4.78, 5) is 16.4. The van der Waals surface area contributed by atoms with Crippen LogP contribution < -0.4 is 10.6 Å². The minimum absolute atomic E-state index is 0.432. The van der Waals surface area contributed by atoms with Gasteiger partial charge >= 0.3 is 0 Å². The first-order valence-corrected chi connectivity index (χ1v) is 9.81. The van der Waals surface area contributed by atoms with Gasteiger partial charge in [0.15, 0.2) is 5.52 Å². The van der Waals surface area contributed by atoms with E-state index in [9.17, 15) is 4.79 Å². The van der Waals surface area contributed by atoms with Crippen molar-refractivity contribution in [3.63, 3.8) is 0 Å². The number of nitrogens with zero attached hydrogens (tertiary/aromatic N) is 4. The van der Waals surface area contributed by atoms with E-state index in [1.165, 1.54) is 32.5 Å². The second kappa shape index (κ2) is 6.91. The third-order valence-corrected chi connectivity index (χ3v) is 5.83. The summed E-state index contributed by atoms with van der Waals surface area (Å²) in [5.41, 5.74) is 10.4. The molecule has 0 bridgehead atoms. The van der Waals surface area contributed by atoms with Crippen molar-refractivity contribution < 1.29 is 9.42 Å². The Labute approximate surface area is 163 Å². The van der Waals surface area contributed by atoms with E-state index in [2.05, 4.69) is 26.2 Å². The normalized spacial score (nSPS) is 17.9. The Morgan fingerprint density at radius 2 is 1.93 bits per heavy atom. The van der Waals surface area contributed by atoms with E-state index in [4.69, 9.17) is 10.4 Å². The molecule has 0 aliphatic carbocycles. The molecule has 7 nitrogen and oxygen atoms in total. The molecule has 1 amide bonds. The zero-order valence-electron chi connectivity index (χ0n) is 15.7. The molecule has 2 aliphatic rings. The summed E-state index contributed by atoms with van der Waals surface area (Å²) in [6, 6.07) is 11.4. The highest BCUT2D eigenvalue weighted by Gasteiger charge is 2.31. The third kappa shape index (κ3) is 3.11. The van der Waals surface area contributed by atoms with Gasteiger partial charge in [0.1, 0.15) is 5.52 Å². The van der Waals surface area contributed by atoms with Gasteiger partial charge in [0, 0.05) is 31.1 Å². The molecule has 7 heteroatoms. The van der Waals surface area contributed by atoms with E-state index >= 15 is 0 Å². The van der Waals surface area contributed by atoms with Crippen molar-refractivity contribution in [3.05, 3.63) is 42.0 Å². The topological polar surface area (TPSA) is 88.5 Å². The van der Waals surface area contributed by atoms with E-state index in [-0.39, 0.29) is 0 Å². The number of nitrogens with two attached hydrogens (primary N) is 1. The van der Waals surface area contributed by atoms with E-state index in [0.717, 1.165) is 40.9 Å². The molecule has 0 radical (unpaired) electrons. The average molecular weight is 377 g/mol. The molecule has 2 aliphatic heterocycles. The fourth-order valence-electron chi connectivity index (χ4n) is 4.34. The van der Waals surface area contributed by atoms with Crippen LogP contribution in [0.2, 0.25) is 0 Å². The predicted molar refractivity (Wildman–Crippen MR) is 107 cm³/mol. The molecule has 0 atom stereocenters. The van der Waals surface area contributed by atoms with Crippen LogP contribution >= 0.6 is 0 Å². The number of hydrogen-bond acceptors (Lipinski definition) is 6. The quantitative estimate of drug-likeness (QED) is 0.735. The predicted octanol–water partition coefficient (Wildman–Crippen LogP) is 2.52. The summed E-state index contributed by atoms with van der Waals surface area (Å²) in [6.45, 7) is 5.68. The second-order valence-electron chi connectivity index (χ2n) is 7.85. The van der Waals surface area contributed by atoms with Crippen LogP contribution in [0, 0.1) is 5.92 Å². The summed E-state index contributed by atoms with van der Waals surface area (Å²) in [5.74, 6) is 0.258. The van der Waals surface area contributed by atoms with Crippen LogP contribution in [0.15, 0.2) is 41.0 Å². The van der Waals surface area contributed by atoms with E-state index in [1.54, 1.807) is 6.07 Å². The number of rotatable bonds is 5. The van der Waals surface area contributed by atoms with Crippen molar-refractivity contribution >= 4 is 22.6 Å². The second-order valence-corrected chi connectivity index (χ2v) is 7.85. The molecule has 0 saturated carbocycles. The standard InChI is InChI=1S/C21H23N5O2/c22-21(27)16-5-3-4-15(8-16)17-9-18-20(24-28-23-18)19(10-17)26-12-14(13-26)11-25-6-1-2-7-25/h3-5,8-10,14H,1-2,6-7,11-13H2,(H2,22,27). The molecule has 144 valence electrons. The fraction of sp³-hybridized carbons (Fsp3) is 0.381. The maximum absolute atomic E-state index is 11.5. The molecule has 2 fully saturated rings. The summed E-state index contributed by atoms with van der Waals surface area (Å²) >= 11 is 0. The number of benzene rings is 2.